The van der Waals surface area contributed by atoms with Crippen LogP contribution in [0.5, 0.6) is 0 Å². The Morgan fingerprint density at radius 3 is 1.51 bits per heavy atom. The molecule has 0 unspecified atom stereocenters. The minimum absolute atomic E-state index is 0. The first-order valence-corrected chi connectivity index (χ1v) is 11.5. The van der Waals surface area contributed by atoms with Gasteiger partial charge in [0.1, 0.15) is 10.2 Å². The second-order valence-corrected chi connectivity index (χ2v) is 10.0. The quantitative estimate of drug-likeness (QED) is 0.0775. The molecule has 0 aromatic carbocycles. The monoisotopic (exact) mass is 680 g/mol. The molecule has 2 aromatic heterocycles. The van der Waals surface area contributed by atoms with Gasteiger partial charge >= 0.3 is 115 Å². The van der Waals surface area contributed by atoms with E-state index in [0.29, 0.717) is 5.25 Å². The van der Waals surface area contributed by atoms with Crippen LogP contribution in [0.25, 0.3) is 0 Å². The molecule has 0 aliphatic rings. The van der Waals surface area contributed by atoms with Crippen LogP contribution in [0, 0.1) is 0 Å². The summed E-state index contributed by atoms with van der Waals surface area (Å²) in [7, 11) is 2.62. The van der Waals surface area contributed by atoms with Gasteiger partial charge in [0.25, 0.3) is 6.47 Å². The molecule has 0 saturated heterocycles. The number of halogens is 7. The van der Waals surface area contributed by atoms with Crippen molar-refractivity contribution in [3.63, 3.8) is 0 Å². The number of rotatable bonds is 5. The van der Waals surface area contributed by atoms with Crippen molar-refractivity contribution in [1.82, 2.24) is 19.6 Å². The molecule has 0 bridgehead atoms. The number of aromatic nitrogens is 4. The van der Waals surface area contributed by atoms with Gasteiger partial charge in [0, 0.05) is 19.3 Å². The van der Waals surface area contributed by atoms with E-state index < -0.39 is 29.3 Å². The molecule has 39 heavy (non-hydrogen) atoms. The average molecular weight is 681 g/mol. The minimum atomic E-state index is -4.65. The maximum Gasteiger partial charge on any atom is 1.00 e. The molecule has 0 saturated carbocycles. The molecule has 9 nitrogen and oxygen atoms in total. The van der Waals surface area contributed by atoms with Crippen LogP contribution in [-0.2, 0) is 36.1 Å². The Morgan fingerprint density at radius 1 is 0.923 bits per heavy atom. The zero-order valence-electron chi connectivity index (χ0n) is 23.2. The Labute approximate surface area is 322 Å². The van der Waals surface area contributed by atoms with Crippen molar-refractivity contribution in [2.75, 3.05) is 0 Å². The van der Waals surface area contributed by atoms with Gasteiger partial charge in [-0.25, -0.2) is 0 Å². The van der Waals surface area contributed by atoms with Crippen molar-refractivity contribution in [3.05, 3.63) is 27.7 Å². The Kier molecular flexibility index (Phi) is 27.2. The van der Waals surface area contributed by atoms with Gasteiger partial charge in [-0.3, -0.25) is 23.7 Å². The van der Waals surface area contributed by atoms with E-state index >= 15 is 0 Å². The second kappa shape index (κ2) is 22.6. The zero-order valence-corrected chi connectivity index (χ0v) is 30.9. The number of carbonyl (C=O) groups is 3. The van der Waals surface area contributed by atoms with Crippen molar-refractivity contribution in [3.8, 4) is 0 Å². The molecule has 0 amide bonds. The minimum Gasteiger partial charge on any atom is -1.00 e. The van der Waals surface area contributed by atoms with Gasteiger partial charge in [0.2, 0.25) is 0 Å². The third kappa shape index (κ3) is 18.3. The van der Waals surface area contributed by atoms with Crippen molar-refractivity contribution < 1.29 is 155 Å². The first kappa shape index (κ1) is 47.0. The summed E-state index contributed by atoms with van der Waals surface area (Å²) >= 11 is 10.5. The third-order valence-electron chi connectivity index (χ3n) is 3.20. The first-order valence-electron chi connectivity index (χ1n) is 9.71. The molecule has 0 aliphatic carbocycles. The van der Waals surface area contributed by atoms with Crippen LogP contribution < -0.4 is 108 Å². The SMILES string of the molecule is CC(C)S.CC(C)Sc1c(C=O)c(C(F)(F)F)nn1C.Cn1nc(C(F)(F)F)c(C=O)c1Cl.O=CO[O-].[H-].[K+].[K+]. The molecule has 0 N–H and O–H groups in total. The van der Waals surface area contributed by atoms with Gasteiger partial charge in [-0.2, -0.15) is 49.2 Å². The number of carbonyl (C=O) groups excluding carboxylic acids is 3. The summed E-state index contributed by atoms with van der Waals surface area (Å²) in [6, 6.07) is 0. The molecule has 214 valence electrons. The summed E-state index contributed by atoms with van der Waals surface area (Å²) in [6.45, 7) is 7.55. The Bertz CT molecular complexity index is 1030. The Hall–Kier alpha value is 1.03. The van der Waals surface area contributed by atoms with Crippen molar-refractivity contribution in [1.29, 1.82) is 0 Å². The van der Waals surface area contributed by atoms with Gasteiger partial charge in [0.05, 0.1) is 11.1 Å². The molecule has 0 spiro atoms. The van der Waals surface area contributed by atoms with E-state index in [1.54, 1.807) is 0 Å². The zero-order chi connectivity index (χ0) is 29.7. The first-order chi connectivity index (χ1) is 16.8. The number of aryl methyl sites for hydroxylation is 2. The fourth-order valence-corrected chi connectivity index (χ4v) is 3.12. The molecule has 0 aliphatic heterocycles. The normalized spacial score (nSPS) is 10.4. The second-order valence-electron chi connectivity index (χ2n) is 7.05. The van der Waals surface area contributed by atoms with Crippen LogP contribution in [0.3, 0.4) is 0 Å². The molecule has 2 rings (SSSR count). The number of hydrogen-bond donors (Lipinski definition) is 1. The van der Waals surface area contributed by atoms with Crippen LogP contribution in [0.4, 0.5) is 26.3 Å². The van der Waals surface area contributed by atoms with E-state index in [1.807, 2.05) is 27.7 Å². The van der Waals surface area contributed by atoms with Crippen LogP contribution in [0.15, 0.2) is 5.03 Å². The molecule has 0 fully saturated rings. The summed E-state index contributed by atoms with van der Waals surface area (Å²) in [6.07, 6.45) is -9.00. The van der Waals surface area contributed by atoms with Gasteiger partial charge in [-0.1, -0.05) is 39.3 Å². The largest absolute Gasteiger partial charge is 1.00 e. The van der Waals surface area contributed by atoms with Gasteiger partial charge in [-0.15, -0.1) is 11.8 Å². The van der Waals surface area contributed by atoms with E-state index in [1.165, 1.54) is 25.9 Å². The number of hydrogen-bond acceptors (Lipinski definition) is 9. The smallest absolute Gasteiger partial charge is 1.00 e. The number of thiol groups is 1. The average Bonchev–Trinajstić information content (AvgIpc) is 3.23. The topological polar surface area (TPSA) is 119 Å². The van der Waals surface area contributed by atoms with Gasteiger partial charge < -0.3 is 11.6 Å². The van der Waals surface area contributed by atoms with Crippen LogP contribution >= 0.6 is 36.0 Å². The molecule has 2 aromatic rings. The number of nitrogens with zero attached hydrogens (tertiary/aromatic N) is 4. The number of alkyl halides is 6. The summed E-state index contributed by atoms with van der Waals surface area (Å²) in [5.74, 6) is 0. The Balaban J connectivity index is -0.000000153. The molecule has 2 heterocycles. The molecule has 20 heteroatoms. The van der Waals surface area contributed by atoms with E-state index in [0.717, 1.165) is 9.36 Å². The van der Waals surface area contributed by atoms with Crippen LogP contribution in [0.1, 0.15) is 61.2 Å². The van der Waals surface area contributed by atoms with E-state index in [2.05, 4.69) is 27.7 Å². The van der Waals surface area contributed by atoms with Gasteiger partial charge in [-0.05, 0) is 5.25 Å². The van der Waals surface area contributed by atoms with E-state index in [9.17, 15) is 35.9 Å². The number of thioether (sulfide) groups is 1. The molecular weight excluding hydrogens is 656 g/mol. The molecular formula is C19H25ClF6K2N4O5S2. The van der Waals surface area contributed by atoms with E-state index in [4.69, 9.17) is 21.7 Å². The fourth-order valence-electron chi connectivity index (χ4n) is 2.04. The van der Waals surface area contributed by atoms with Crippen molar-refractivity contribution in [2.45, 2.75) is 55.6 Å². The Morgan fingerprint density at radius 2 is 1.26 bits per heavy atom. The standard InChI is InChI=1S/C9H11F3N2OS.C6H4ClF3N2O.C3H8S.CH2O3.2K.H/c1-5(2)16-8-6(4-15)7(9(10,11)12)13-14(8)3;1-12-5(7)3(2-13)4(11-12)6(8,9)10;1-3(2)4;2-1-4-3;;;/h4-5H,1-3H3;2H,1H3;3-4H,1-2H3;1,3H;;;/q;;;;2*+1;-1/p-1. The number of aldehydes is 2. The van der Waals surface area contributed by atoms with Crippen molar-refractivity contribution >= 4 is 55.0 Å². The maximum absolute atomic E-state index is 12.5. The summed E-state index contributed by atoms with van der Waals surface area (Å²) in [4.78, 5) is 32.2. The van der Waals surface area contributed by atoms with Crippen LogP contribution in [0.2, 0.25) is 5.15 Å². The fraction of sp³-hybridized carbons (Fsp3) is 0.526. The predicted octanol–water partition coefficient (Wildman–Crippen LogP) is -1.46. The summed E-state index contributed by atoms with van der Waals surface area (Å²) in [5, 5.41) is 15.4. The van der Waals surface area contributed by atoms with Crippen LogP contribution in [-0.4, -0.2) is 49.1 Å². The molecule has 0 atom stereocenters. The van der Waals surface area contributed by atoms with Gasteiger partial charge in [0.15, 0.2) is 24.0 Å². The predicted molar refractivity (Wildman–Crippen MR) is 126 cm³/mol. The maximum atomic E-state index is 12.5. The third-order valence-corrected chi connectivity index (χ3v) is 4.83. The van der Waals surface area contributed by atoms with E-state index in [-0.39, 0.29) is 144 Å². The van der Waals surface area contributed by atoms with Crippen molar-refractivity contribution in [2.24, 2.45) is 14.1 Å². The molecule has 0 radical (unpaired) electrons. The summed E-state index contributed by atoms with van der Waals surface area (Å²) < 4.78 is 75.9. The summed E-state index contributed by atoms with van der Waals surface area (Å²) in [5.41, 5.74) is -3.38.